The Morgan fingerprint density at radius 2 is 1.44 bits per heavy atom. The van der Waals surface area contributed by atoms with Crippen LogP contribution in [0.2, 0.25) is 0 Å². The first-order valence-corrected chi connectivity index (χ1v) is 13.3. The zero-order valence-electron chi connectivity index (χ0n) is 23.2. The molecule has 41 heavy (non-hydrogen) atoms. The maximum atomic E-state index is 12.6. The molecule has 1 atom stereocenters. The Bertz CT molecular complexity index is 1470. The molecular weight excluding hydrogens is 520 g/mol. The summed E-state index contributed by atoms with van der Waals surface area (Å²) in [7, 11) is 0. The van der Waals surface area contributed by atoms with Crippen molar-refractivity contribution in [3.63, 3.8) is 0 Å². The van der Waals surface area contributed by atoms with Crippen LogP contribution in [0.25, 0.3) is 11.1 Å². The second-order valence-corrected chi connectivity index (χ2v) is 8.87. The quantitative estimate of drug-likeness (QED) is 0.0961. The van der Waals surface area contributed by atoms with Gasteiger partial charge >= 0.3 is 5.97 Å². The number of amides is 1. The number of carbonyl (C=O) groups excluding carboxylic acids is 2. The highest BCUT2D eigenvalue weighted by Crippen LogP contribution is 2.29. The molecule has 0 radical (unpaired) electrons. The number of esters is 1. The van der Waals surface area contributed by atoms with Gasteiger partial charge in [0.1, 0.15) is 11.5 Å². The first-order chi connectivity index (χ1) is 20.0. The third-order valence-electron chi connectivity index (χ3n) is 5.90. The monoisotopic (exact) mass is 552 g/mol. The normalized spacial score (nSPS) is 11.5. The SMILES string of the molecule is CCOc1ccc(C(=O)Oc2ccc(/C=N\NC(=O)[C@H](C)Oc3ccc(-c4ccccc4)cc3)cc2OCC)cc1. The van der Waals surface area contributed by atoms with E-state index in [1.165, 1.54) is 6.21 Å². The fourth-order valence-electron chi connectivity index (χ4n) is 3.85. The highest BCUT2D eigenvalue weighted by atomic mass is 16.6. The molecule has 0 fully saturated rings. The van der Waals surface area contributed by atoms with Gasteiger partial charge < -0.3 is 18.9 Å². The number of benzene rings is 4. The summed E-state index contributed by atoms with van der Waals surface area (Å²) in [5, 5.41) is 4.04. The van der Waals surface area contributed by atoms with Gasteiger partial charge in [-0.1, -0.05) is 42.5 Å². The van der Waals surface area contributed by atoms with Gasteiger partial charge in [0.05, 0.1) is 25.0 Å². The van der Waals surface area contributed by atoms with E-state index in [4.69, 9.17) is 18.9 Å². The summed E-state index contributed by atoms with van der Waals surface area (Å²) in [5.74, 6) is 0.969. The molecule has 4 rings (SSSR count). The molecule has 0 aliphatic carbocycles. The van der Waals surface area contributed by atoms with Gasteiger partial charge in [0.2, 0.25) is 0 Å². The van der Waals surface area contributed by atoms with Crippen LogP contribution in [0.4, 0.5) is 0 Å². The number of rotatable bonds is 12. The van der Waals surface area contributed by atoms with Crippen LogP contribution in [0, 0.1) is 0 Å². The summed E-state index contributed by atoms with van der Waals surface area (Å²) < 4.78 is 22.4. The summed E-state index contributed by atoms with van der Waals surface area (Å²) in [4.78, 5) is 25.2. The van der Waals surface area contributed by atoms with Crippen molar-refractivity contribution in [1.82, 2.24) is 5.43 Å². The first kappa shape index (κ1) is 28.9. The van der Waals surface area contributed by atoms with E-state index in [0.717, 1.165) is 11.1 Å². The molecule has 1 N–H and O–H groups in total. The lowest BCUT2D eigenvalue weighted by atomic mass is 10.1. The van der Waals surface area contributed by atoms with Crippen molar-refractivity contribution in [2.24, 2.45) is 5.10 Å². The molecule has 4 aromatic carbocycles. The largest absolute Gasteiger partial charge is 0.494 e. The summed E-state index contributed by atoms with van der Waals surface area (Å²) in [6, 6.07) is 29.3. The van der Waals surface area contributed by atoms with E-state index >= 15 is 0 Å². The summed E-state index contributed by atoms with van der Waals surface area (Å²) in [6.45, 7) is 6.28. The Balaban J connectivity index is 1.33. The third-order valence-corrected chi connectivity index (χ3v) is 5.90. The summed E-state index contributed by atoms with van der Waals surface area (Å²) in [5.41, 5.74) is 5.67. The lowest BCUT2D eigenvalue weighted by molar-refractivity contribution is -0.127. The summed E-state index contributed by atoms with van der Waals surface area (Å²) in [6.07, 6.45) is 0.706. The van der Waals surface area contributed by atoms with Gasteiger partial charge in [0, 0.05) is 0 Å². The highest BCUT2D eigenvalue weighted by molar-refractivity contribution is 5.92. The third kappa shape index (κ3) is 8.19. The molecule has 0 heterocycles. The van der Waals surface area contributed by atoms with E-state index in [1.807, 2.05) is 68.4 Å². The maximum absolute atomic E-state index is 12.6. The van der Waals surface area contributed by atoms with E-state index in [1.54, 1.807) is 49.4 Å². The van der Waals surface area contributed by atoms with E-state index in [9.17, 15) is 9.59 Å². The van der Waals surface area contributed by atoms with Crippen LogP contribution in [-0.2, 0) is 4.79 Å². The lowest BCUT2D eigenvalue weighted by Gasteiger charge is -2.13. The van der Waals surface area contributed by atoms with Gasteiger partial charge in [0.15, 0.2) is 17.6 Å². The molecule has 0 aliphatic rings. The van der Waals surface area contributed by atoms with Crippen molar-refractivity contribution >= 4 is 18.1 Å². The zero-order valence-corrected chi connectivity index (χ0v) is 23.2. The van der Waals surface area contributed by atoms with Gasteiger partial charge in [-0.25, -0.2) is 10.2 Å². The molecular formula is C33H32N2O6. The fourth-order valence-corrected chi connectivity index (χ4v) is 3.85. The molecule has 8 nitrogen and oxygen atoms in total. The molecule has 0 saturated carbocycles. The lowest BCUT2D eigenvalue weighted by Crippen LogP contribution is -2.33. The number of hydrogen-bond acceptors (Lipinski definition) is 7. The standard InChI is InChI=1S/C33H32N2O6/c1-4-38-28-16-14-27(15-17-28)33(37)41-30-20-11-24(21-31(30)39-5-2)22-34-35-32(36)23(3)40-29-18-12-26(13-19-29)25-9-7-6-8-10-25/h6-23H,4-5H2,1-3H3,(H,35,36)/b34-22-/t23-/m0/s1. The Labute approximate surface area is 239 Å². The highest BCUT2D eigenvalue weighted by Gasteiger charge is 2.15. The first-order valence-electron chi connectivity index (χ1n) is 13.3. The number of ether oxygens (including phenoxy) is 4. The number of carbonyl (C=O) groups is 2. The average molecular weight is 553 g/mol. The van der Waals surface area contributed by atoms with Crippen molar-refractivity contribution in [3.8, 4) is 34.1 Å². The molecule has 0 bridgehead atoms. The van der Waals surface area contributed by atoms with Crippen molar-refractivity contribution in [2.45, 2.75) is 26.9 Å². The zero-order chi connectivity index (χ0) is 29.0. The van der Waals surface area contributed by atoms with Gasteiger partial charge in [-0.2, -0.15) is 5.10 Å². The molecule has 0 unspecified atom stereocenters. The molecule has 0 aromatic heterocycles. The van der Waals surface area contributed by atoms with E-state index in [2.05, 4.69) is 10.5 Å². The minimum atomic E-state index is -0.766. The van der Waals surface area contributed by atoms with E-state index in [0.29, 0.717) is 41.6 Å². The molecule has 210 valence electrons. The minimum Gasteiger partial charge on any atom is -0.494 e. The van der Waals surface area contributed by atoms with Crippen LogP contribution in [0.15, 0.2) is 102 Å². The van der Waals surface area contributed by atoms with Crippen LogP contribution in [-0.4, -0.2) is 37.4 Å². The topological polar surface area (TPSA) is 95.5 Å². The van der Waals surface area contributed by atoms with Crippen LogP contribution in [0.1, 0.15) is 36.7 Å². The van der Waals surface area contributed by atoms with E-state index in [-0.39, 0.29) is 5.75 Å². The molecule has 8 heteroatoms. The van der Waals surface area contributed by atoms with Crippen LogP contribution in [0.3, 0.4) is 0 Å². The second kappa shape index (κ2) is 14.3. The fraction of sp³-hybridized carbons (Fsp3) is 0.182. The Morgan fingerprint density at radius 3 is 2.12 bits per heavy atom. The summed E-state index contributed by atoms with van der Waals surface area (Å²) >= 11 is 0. The van der Waals surface area contributed by atoms with Crippen molar-refractivity contribution < 1.29 is 28.5 Å². The van der Waals surface area contributed by atoms with Gasteiger partial charge in [0.25, 0.3) is 5.91 Å². The molecule has 4 aromatic rings. The van der Waals surface area contributed by atoms with Gasteiger partial charge in [-0.3, -0.25) is 4.79 Å². The van der Waals surface area contributed by atoms with Gasteiger partial charge in [-0.15, -0.1) is 0 Å². The number of hydrazone groups is 1. The van der Waals surface area contributed by atoms with Crippen LogP contribution >= 0.6 is 0 Å². The smallest absolute Gasteiger partial charge is 0.343 e. The molecule has 1 amide bonds. The average Bonchev–Trinajstić information content (AvgIpc) is 3.00. The Kier molecular flexibility index (Phi) is 10.1. The van der Waals surface area contributed by atoms with E-state index < -0.39 is 18.0 Å². The Hall–Kier alpha value is -5.11. The number of nitrogens with one attached hydrogen (secondary N) is 1. The number of hydrogen-bond donors (Lipinski definition) is 1. The van der Waals surface area contributed by atoms with Crippen molar-refractivity contribution in [2.75, 3.05) is 13.2 Å². The predicted octanol–water partition coefficient (Wildman–Crippen LogP) is 6.29. The number of nitrogens with zero attached hydrogens (tertiary/aromatic N) is 1. The minimum absolute atomic E-state index is 0.271. The van der Waals surface area contributed by atoms with Crippen molar-refractivity contribution in [3.05, 3.63) is 108 Å². The molecule has 0 spiro atoms. The van der Waals surface area contributed by atoms with Gasteiger partial charge in [-0.05, 0) is 92.1 Å². The molecule has 0 aliphatic heterocycles. The predicted molar refractivity (Wildman–Crippen MR) is 158 cm³/mol. The second-order valence-electron chi connectivity index (χ2n) is 8.87. The van der Waals surface area contributed by atoms with Crippen LogP contribution in [0.5, 0.6) is 23.0 Å². The van der Waals surface area contributed by atoms with Crippen LogP contribution < -0.4 is 24.4 Å². The maximum Gasteiger partial charge on any atom is 0.343 e. The molecule has 0 saturated heterocycles. The van der Waals surface area contributed by atoms with Crippen molar-refractivity contribution in [1.29, 1.82) is 0 Å². The Morgan fingerprint density at radius 1 is 0.780 bits per heavy atom.